The lowest BCUT2D eigenvalue weighted by Gasteiger charge is -2.30. The van der Waals surface area contributed by atoms with Gasteiger partial charge in [-0.15, -0.1) is 0 Å². The van der Waals surface area contributed by atoms with E-state index in [4.69, 9.17) is 15.2 Å². The molecule has 2 rings (SSSR count). The fourth-order valence-electron chi connectivity index (χ4n) is 2.12. The number of hydrogen-bond acceptors (Lipinski definition) is 4. The van der Waals surface area contributed by atoms with Gasteiger partial charge in [0.15, 0.2) is 0 Å². The van der Waals surface area contributed by atoms with Gasteiger partial charge in [-0.05, 0) is 44.2 Å². The zero-order chi connectivity index (χ0) is 13.1. The highest BCUT2D eigenvalue weighted by Gasteiger charge is 2.18. The average molecular weight is 250 g/mol. The summed E-state index contributed by atoms with van der Waals surface area (Å²) < 4.78 is 11.5. The summed E-state index contributed by atoms with van der Waals surface area (Å²) in [4.78, 5) is 2.26. The molecule has 0 radical (unpaired) electrons. The zero-order valence-corrected chi connectivity index (χ0v) is 11.4. The molecule has 1 aliphatic rings. The molecule has 2 N–H and O–H groups in total. The summed E-state index contributed by atoms with van der Waals surface area (Å²) in [6, 6.07) is 3.95. The van der Waals surface area contributed by atoms with Gasteiger partial charge in [0.1, 0.15) is 18.5 Å². The van der Waals surface area contributed by atoms with Crippen molar-refractivity contribution >= 4 is 5.69 Å². The molecule has 0 aromatic heterocycles. The Morgan fingerprint density at radius 3 is 2.89 bits per heavy atom. The molecule has 0 saturated carbocycles. The third-order valence-corrected chi connectivity index (χ3v) is 3.33. The molecule has 1 unspecified atom stereocenters. The van der Waals surface area contributed by atoms with Crippen molar-refractivity contribution in [2.45, 2.75) is 20.0 Å². The van der Waals surface area contributed by atoms with E-state index in [0.717, 1.165) is 42.3 Å². The largest absolute Gasteiger partial charge is 0.491 e. The molecule has 1 fully saturated rings. The number of benzene rings is 1. The Labute approximate surface area is 109 Å². The lowest BCUT2D eigenvalue weighted by Crippen LogP contribution is -2.42. The monoisotopic (exact) mass is 250 g/mol. The average Bonchev–Trinajstić information content (AvgIpc) is 2.32. The standard InChI is InChI=1S/C14H22N2O2/c1-10-7-14(11(2)6-13(10)15)18-9-12-8-16(3)4-5-17-12/h6-7,12H,4-5,8-9,15H2,1-3H3. The van der Waals surface area contributed by atoms with E-state index in [9.17, 15) is 0 Å². The number of anilines is 1. The van der Waals surface area contributed by atoms with Crippen LogP contribution in [0.15, 0.2) is 12.1 Å². The van der Waals surface area contributed by atoms with Crippen molar-refractivity contribution in [3.63, 3.8) is 0 Å². The van der Waals surface area contributed by atoms with Crippen molar-refractivity contribution in [3.8, 4) is 5.75 Å². The van der Waals surface area contributed by atoms with E-state index in [1.165, 1.54) is 0 Å². The first-order valence-electron chi connectivity index (χ1n) is 6.36. The molecule has 1 atom stereocenters. The maximum Gasteiger partial charge on any atom is 0.122 e. The molecule has 1 aromatic carbocycles. The number of nitrogen functional groups attached to an aromatic ring is 1. The van der Waals surface area contributed by atoms with Gasteiger partial charge in [-0.3, -0.25) is 0 Å². The third-order valence-electron chi connectivity index (χ3n) is 3.33. The van der Waals surface area contributed by atoms with Crippen LogP contribution in [-0.2, 0) is 4.74 Å². The maximum atomic E-state index is 5.86. The maximum absolute atomic E-state index is 5.86. The Kier molecular flexibility index (Phi) is 4.09. The minimum absolute atomic E-state index is 0.154. The normalized spacial score (nSPS) is 20.9. The predicted molar refractivity (Wildman–Crippen MR) is 73.1 cm³/mol. The van der Waals surface area contributed by atoms with E-state index in [1.54, 1.807) is 0 Å². The fourth-order valence-corrected chi connectivity index (χ4v) is 2.12. The first-order valence-corrected chi connectivity index (χ1v) is 6.36. The third kappa shape index (κ3) is 3.15. The molecule has 0 bridgehead atoms. The van der Waals surface area contributed by atoms with Gasteiger partial charge in [0.05, 0.1) is 6.61 Å². The van der Waals surface area contributed by atoms with Crippen LogP contribution in [0.5, 0.6) is 5.75 Å². The minimum Gasteiger partial charge on any atom is -0.491 e. The van der Waals surface area contributed by atoms with Gasteiger partial charge in [-0.2, -0.15) is 0 Å². The fraction of sp³-hybridized carbons (Fsp3) is 0.571. The second kappa shape index (κ2) is 5.59. The number of nitrogens with two attached hydrogens (primary N) is 1. The number of hydrogen-bond donors (Lipinski definition) is 1. The molecular formula is C14H22N2O2. The summed E-state index contributed by atoms with van der Waals surface area (Å²) in [7, 11) is 2.11. The zero-order valence-electron chi connectivity index (χ0n) is 11.4. The molecule has 1 saturated heterocycles. The van der Waals surface area contributed by atoms with Crippen molar-refractivity contribution < 1.29 is 9.47 Å². The van der Waals surface area contributed by atoms with Crippen molar-refractivity contribution in [1.29, 1.82) is 0 Å². The molecule has 100 valence electrons. The summed E-state index contributed by atoms with van der Waals surface area (Å²) in [5, 5.41) is 0. The Morgan fingerprint density at radius 1 is 1.39 bits per heavy atom. The second-order valence-corrected chi connectivity index (χ2v) is 5.04. The van der Waals surface area contributed by atoms with Gasteiger partial charge in [-0.1, -0.05) is 0 Å². The molecule has 1 aromatic rings. The summed E-state index contributed by atoms with van der Waals surface area (Å²) in [5.41, 5.74) is 8.80. The van der Waals surface area contributed by atoms with Gasteiger partial charge in [0.25, 0.3) is 0 Å². The van der Waals surface area contributed by atoms with E-state index >= 15 is 0 Å². The van der Waals surface area contributed by atoms with Gasteiger partial charge in [-0.25, -0.2) is 0 Å². The highest BCUT2D eigenvalue weighted by atomic mass is 16.5. The first kappa shape index (κ1) is 13.2. The van der Waals surface area contributed by atoms with Crippen molar-refractivity contribution in [2.75, 3.05) is 39.1 Å². The van der Waals surface area contributed by atoms with Gasteiger partial charge < -0.3 is 20.1 Å². The Morgan fingerprint density at radius 2 is 2.17 bits per heavy atom. The van der Waals surface area contributed by atoms with E-state index in [2.05, 4.69) is 11.9 Å². The van der Waals surface area contributed by atoms with Crippen LogP contribution >= 0.6 is 0 Å². The van der Waals surface area contributed by atoms with E-state index < -0.39 is 0 Å². The van der Waals surface area contributed by atoms with E-state index in [1.807, 2.05) is 26.0 Å². The quantitative estimate of drug-likeness (QED) is 0.828. The molecule has 4 nitrogen and oxygen atoms in total. The molecule has 1 heterocycles. The van der Waals surface area contributed by atoms with E-state index in [-0.39, 0.29) is 6.10 Å². The molecule has 4 heteroatoms. The van der Waals surface area contributed by atoms with Crippen molar-refractivity contribution in [3.05, 3.63) is 23.3 Å². The molecule has 1 aliphatic heterocycles. The van der Waals surface area contributed by atoms with E-state index in [0.29, 0.717) is 6.61 Å². The van der Waals surface area contributed by atoms with Crippen LogP contribution in [0.3, 0.4) is 0 Å². The van der Waals surface area contributed by atoms with Crippen LogP contribution in [-0.4, -0.2) is 44.4 Å². The summed E-state index contributed by atoms with van der Waals surface area (Å²) in [5.74, 6) is 0.901. The number of nitrogens with zero attached hydrogens (tertiary/aromatic N) is 1. The summed E-state index contributed by atoms with van der Waals surface area (Å²) in [6.45, 7) is 7.30. The molecular weight excluding hydrogens is 228 g/mol. The first-order chi connectivity index (χ1) is 8.56. The Bertz CT molecular complexity index is 421. The SMILES string of the molecule is Cc1cc(OCC2CN(C)CCO2)c(C)cc1N. The molecule has 18 heavy (non-hydrogen) atoms. The van der Waals surface area contributed by atoms with Crippen LogP contribution < -0.4 is 10.5 Å². The second-order valence-electron chi connectivity index (χ2n) is 5.04. The number of aryl methyl sites for hydroxylation is 2. The number of morpholine rings is 1. The van der Waals surface area contributed by atoms with Crippen LogP contribution in [0.1, 0.15) is 11.1 Å². The Hall–Kier alpha value is -1.26. The topological polar surface area (TPSA) is 47.7 Å². The lowest BCUT2D eigenvalue weighted by atomic mass is 10.1. The predicted octanol–water partition coefficient (Wildman–Crippen LogP) is 1.60. The summed E-state index contributed by atoms with van der Waals surface area (Å²) in [6.07, 6.45) is 0.154. The van der Waals surface area contributed by atoms with Gasteiger partial charge >= 0.3 is 0 Å². The highest BCUT2D eigenvalue weighted by molar-refractivity contribution is 5.53. The summed E-state index contributed by atoms with van der Waals surface area (Å²) >= 11 is 0. The lowest BCUT2D eigenvalue weighted by molar-refractivity contribution is -0.0404. The number of likely N-dealkylation sites (N-methyl/N-ethyl adjacent to an activating group) is 1. The van der Waals surface area contributed by atoms with Crippen LogP contribution in [0, 0.1) is 13.8 Å². The molecule has 0 spiro atoms. The minimum atomic E-state index is 0.154. The van der Waals surface area contributed by atoms with Crippen molar-refractivity contribution in [1.82, 2.24) is 4.90 Å². The Balaban J connectivity index is 1.95. The highest BCUT2D eigenvalue weighted by Crippen LogP contribution is 2.24. The van der Waals surface area contributed by atoms with Crippen LogP contribution in [0.2, 0.25) is 0 Å². The van der Waals surface area contributed by atoms with Crippen LogP contribution in [0.25, 0.3) is 0 Å². The van der Waals surface area contributed by atoms with Gasteiger partial charge in [0.2, 0.25) is 0 Å². The molecule has 0 amide bonds. The number of ether oxygens (including phenoxy) is 2. The van der Waals surface area contributed by atoms with Gasteiger partial charge in [0, 0.05) is 18.8 Å². The van der Waals surface area contributed by atoms with Crippen molar-refractivity contribution in [2.24, 2.45) is 0 Å². The number of rotatable bonds is 3. The smallest absolute Gasteiger partial charge is 0.122 e. The van der Waals surface area contributed by atoms with Crippen LogP contribution in [0.4, 0.5) is 5.69 Å². The molecule has 0 aliphatic carbocycles.